The van der Waals surface area contributed by atoms with E-state index >= 15 is 0 Å². The first kappa shape index (κ1) is 14.2. The average Bonchev–Trinajstić information content (AvgIpc) is 2.72. The number of nitrogens with zero attached hydrogens (tertiary/aromatic N) is 1. The van der Waals surface area contributed by atoms with E-state index in [-0.39, 0.29) is 24.0 Å². The number of benzene rings is 1. The molecule has 7 heteroatoms. The minimum atomic E-state index is -4.57. The van der Waals surface area contributed by atoms with Crippen LogP contribution in [0.15, 0.2) is 12.1 Å². The number of fused-ring (bicyclic) bond motifs is 3. The van der Waals surface area contributed by atoms with Gasteiger partial charge in [0.05, 0.1) is 23.8 Å². The van der Waals surface area contributed by atoms with Crippen molar-refractivity contribution in [3.05, 3.63) is 28.8 Å². The van der Waals surface area contributed by atoms with E-state index in [1.165, 1.54) is 4.90 Å². The first-order chi connectivity index (χ1) is 9.93. The summed E-state index contributed by atoms with van der Waals surface area (Å²) < 4.78 is 45.0. The van der Waals surface area contributed by atoms with E-state index in [9.17, 15) is 18.0 Å². The van der Waals surface area contributed by atoms with Crippen LogP contribution in [0.25, 0.3) is 0 Å². The van der Waals surface area contributed by atoms with Crippen LogP contribution in [0.5, 0.6) is 5.75 Å². The summed E-state index contributed by atoms with van der Waals surface area (Å²) in [7, 11) is 0. The van der Waals surface area contributed by atoms with E-state index in [2.05, 4.69) is 5.32 Å². The van der Waals surface area contributed by atoms with Crippen LogP contribution in [0.1, 0.15) is 34.5 Å². The third kappa shape index (κ3) is 2.25. The number of carbonyl (C=O) groups is 1. The lowest BCUT2D eigenvalue weighted by molar-refractivity contribution is -0.138. The Labute approximate surface area is 119 Å². The summed E-state index contributed by atoms with van der Waals surface area (Å²) >= 11 is 0. The second-order valence-corrected chi connectivity index (χ2v) is 5.08. The number of nitrogens with one attached hydrogen (secondary N) is 1. The van der Waals surface area contributed by atoms with Crippen LogP contribution in [-0.4, -0.2) is 37.0 Å². The van der Waals surface area contributed by atoms with Crippen molar-refractivity contribution in [3.63, 3.8) is 0 Å². The Balaban J connectivity index is 2.17. The number of hydrogen-bond acceptors (Lipinski definition) is 3. The highest BCUT2D eigenvalue weighted by molar-refractivity contribution is 6.01. The third-order valence-electron chi connectivity index (χ3n) is 3.84. The third-order valence-corrected chi connectivity index (χ3v) is 3.84. The minimum absolute atomic E-state index is 0.156. The Bertz CT molecular complexity index is 586. The number of hydrogen-bond donors (Lipinski definition) is 1. The van der Waals surface area contributed by atoms with Crippen LogP contribution >= 0.6 is 0 Å². The Morgan fingerprint density at radius 1 is 1.43 bits per heavy atom. The molecule has 0 saturated carbocycles. The van der Waals surface area contributed by atoms with Crippen molar-refractivity contribution in [2.75, 3.05) is 26.2 Å². The maximum absolute atomic E-state index is 13.3. The van der Waals surface area contributed by atoms with Gasteiger partial charge in [0.1, 0.15) is 5.75 Å². The molecule has 1 N–H and O–H groups in total. The molecule has 1 amide bonds. The highest BCUT2D eigenvalue weighted by Gasteiger charge is 2.45. The fraction of sp³-hybridized carbons (Fsp3) is 0.500. The number of alkyl halides is 3. The van der Waals surface area contributed by atoms with Gasteiger partial charge in [0.15, 0.2) is 0 Å². The molecule has 2 aliphatic heterocycles. The topological polar surface area (TPSA) is 41.6 Å². The lowest BCUT2D eigenvalue weighted by Crippen LogP contribution is -2.44. The molecule has 4 nitrogen and oxygen atoms in total. The standard InChI is InChI=1S/C14H15F3N2O2/c1-2-21-8-5-9-11-7-18-3-4-19(11)13(20)12(9)10(6-8)14(15,16)17/h5-6,11,18H,2-4,7H2,1H3/t11-/m0/s1. The van der Waals surface area contributed by atoms with Gasteiger partial charge in [0.25, 0.3) is 5.91 Å². The maximum atomic E-state index is 13.3. The molecule has 1 aromatic carbocycles. The van der Waals surface area contributed by atoms with E-state index in [0.717, 1.165) is 6.07 Å². The molecule has 0 unspecified atom stereocenters. The van der Waals surface area contributed by atoms with E-state index < -0.39 is 17.6 Å². The van der Waals surface area contributed by atoms with Crippen molar-refractivity contribution in [2.45, 2.75) is 19.1 Å². The first-order valence-electron chi connectivity index (χ1n) is 6.83. The summed E-state index contributed by atoms with van der Waals surface area (Å²) in [5, 5.41) is 3.11. The average molecular weight is 300 g/mol. The first-order valence-corrected chi connectivity index (χ1v) is 6.83. The van der Waals surface area contributed by atoms with E-state index in [0.29, 0.717) is 25.2 Å². The van der Waals surface area contributed by atoms with Gasteiger partial charge >= 0.3 is 6.18 Å². The van der Waals surface area contributed by atoms with Crippen LogP contribution in [-0.2, 0) is 6.18 Å². The summed E-state index contributed by atoms with van der Waals surface area (Å²) in [6.07, 6.45) is -4.57. The summed E-state index contributed by atoms with van der Waals surface area (Å²) in [6, 6.07) is 2.14. The predicted octanol–water partition coefficient (Wildman–Crippen LogP) is 2.20. The lowest BCUT2D eigenvalue weighted by Gasteiger charge is -2.30. The molecular weight excluding hydrogens is 285 g/mol. The Morgan fingerprint density at radius 3 is 2.86 bits per heavy atom. The van der Waals surface area contributed by atoms with Crippen molar-refractivity contribution >= 4 is 5.91 Å². The molecule has 2 heterocycles. The fourth-order valence-corrected chi connectivity index (χ4v) is 2.98. The molecule has 0 aromatic heterocycles. The van der Waals surface area contributed by atoms with Crippen molar-refractivity contribution in [3.8, 4) is 5.75 Å². The highest BCUT2D eigenvalue weighted by Crippen LogP contribution is 2.44. The Hall–Kier alpha value is -1.76. The van der Waals surface area contributed by atoms with Crippen molar-refractivity contribution < 1.29 is 22.7 Å². The van der Waals surface area contributed by atoms with E-state index in [1.54, 1.807) is 13.0 Å². The lowest BCUT2D eigenvalue weighted by atomic mass is 9.98. The summed E-state index contributed by atoms with van der Waals surface area (Å²) in [5.74, 6) is -0.379. The van der Waals surface area contributed by atoms with Gasteiger partial charge in [0, 0.05) is 19.6 Å². The molecule has 0 bridgehead atoms. The highest BCUT2D eigenvalue weighted by atomic mass is 19.4. The Kier molecular flexibility index (Phi) is 3.32. The molecule has 0 aliphatic carbocycles. The molecular formula is C14H15F3N2O2. The second-order valence-electron chi connectivity index (χ2n) is 5.08. The zero-order chi connectivity index (χ0) is 15.2. The summed E-state index contributed by atoms with van der Waals surface area (Å²) in [5.41, 5.74) is -0.715. The van der Waals surface area contributed by atoms with Gasteiger partial charge in [-0.15, -0.1) is 0 Å². The number of halogens is 3. The molecule has 2 aliphatic rings. The largest absolute Gasteiger partial charge is 0.494 e. The van der Waals surface area contributed by atoms with Gasteiger partial charge < -0.3 is 15.0 Å². The molecule has 1 saturated heterocycles. The van der Waals surface area contributed by atoms with Gasteiger partial charge in [-0.2, -0.15) is 13.2 Å². The van der Waals surface area contributed by atoms with Crippen molar-refractivity contribution in [1.29, 1.82) is 0 Å². The molecule has 0 radical (unpaired) electrons. The SMILES string of the molecule is CCOc1cc2c(c(C(F)(F)F)c1)C(=O)N1CCNC[C@@H]21. The van der Waals surface area contributed by atoms with Gasteiger partial charge in [-0.25, -0.2) is 0 Å². The molecule has 21 heavy (non-hydrogen) atoms. The summed E-state index contributed by atoms with van der Waals surface area (Å²) in [4.78, 5) is 13.8. The quantitative estimate of drug-likeness (QED) is 0.910. The van der Waals surface area contributed by atoms with Crippen LogP contribution in [0, 0.1) is 0 Å². The minimum Gasteiger partial charge on any atom is -0.494 e. The molecule has 1 fully saturated rings. The molecule has 1 aromatic rings. The van der Waals surface area contributed by atoms with Crippen molar-refractivity contribution in [2.24, 2.45) is 0 Å². The van der Waals surface area contributed by atoms with Gasteiger partial charge in [-0.3, -0.25) is 4.79 Å². The van der Waals surface area contributed by atoms with Crippen LogP contribution in [0.2, 0.25) is 0 Å². The maximum Gasteiger partial charge on any atom is 0.417 e. The summed E-state index contributed by atoms with van der Waals surface area (Å²) in [6.45, 7) is 3.46. The van der Waals surface area contributed by atoms with Crippen LogP contribution < -0.4 is 10.1 Å². The van der Waals surface area contributed by atoms with E-state index in [4.69, 9.17) is 4.74 Å². The normalized spacial score (nSPS) is 21.2. The van der Waals surface area contributed by atoms with Gasteiger partial charge in [-0.1, -0.05) is 0 Å². The van der Waals surface area contributed by atoms with Gasteiger partial charge in [0.2, 0.25) is 0 Å². The monoisotopic (exact) mass is 300 g/mol. The molecule has 0 spiro atoms. The van der Waals surface area contributed by atoms with Crippen LogP contribution in [0.3, 0.4) is 0 Å². The van der Waals surface area contributed by atoms with Gasteiger partial charge in [-0.05, 0) is 24.6 Å². The zero-order valence-electron chi connectivity index (χ0n) is 11.5. The predicted molar refractivity (Wildman–Crippen MR) is 69.3 cm³/mol. The zero-order valence-corrected chi connectivity index (χ0v) is 11.5. The number of piperazine rings is 1. The number of carbonyl (C=O) groups excluding carboxylic acids is 1. The number of amides is 1. The van der Waals surface area contributed by atoms with E-state index in [1.807, 2.05) is 0 Å². The second kappa shape index (κ2) is 4.91. The molecule has 114 valence electrons. The number of ether oxygens (including phenoxy) is 1. The number of rotatable bonds is 2. The smallest absolute Gasteiger partial charge is 0.417 e. The molecule has 3 rings (SSSR count). The van der Waals surface area contributed by atoms with Crippen molar-refractivity contribution in [1.82, 2.24) is 10.2 Å². The molecule has 1 atom stereocenters. The fourth-order valence-electron chi connectivity index (χ4n) is 2.98. The van der Waals surface area contributed by atoms with Crippen LogP contribution in [0.4, 0.5) is 13.2 Å². The Morgan fingerprint density at radius 2 is 2.19 bits per heavy atom.